The van der Waals surface area contributed by atoms with Gasteiger partial charge in [-0.25, -0.2) is 14.9 Å². The highest BCUT2D eigenvalue weighted by Gasteiger charge is 2.39. The molecule has 0 aromatic heterocycles. The molecular weight excluding hydrogens is 302 g/mol. The third-order valence-corrected chi connectivity index (χ3v) is 4.01. The first-order valence-electron chi connectivity index (χ1n) is 7.45. The predicted octanol–water partition coefficient (Wildman–Crippen LogP) is 2.94. The molecule has 2 rings (SSSR count). The minimum absolute atomic E-state index is 0.0325. The lowest BCUT2D eigenvalue weighted by atomic mass is 10.1. The van der Waals surface area contributed by atoms with Gasteiger partial charge in [0.15, 0.2) is 11.6 Å². The summed E-state index contributed by atoms with van der Waals surface area (Å²) < 4.78 is 0. The summed E-state index contributed by atoms with van der Waals surface area (Å²) in [5.41, 5.74) is -0.103. The first-order chi connectivity index (χ1) is 10.4. The Hall–Kier alpha value is -1.59. The van der Waals surface area contributed by atoms with Gasteiger partial charge in [0.25, 0.3) is 0 Å². The quantitative estimate of drug-likeness (QED) is 0.837. The van der Waals surface area contributed by atoms with E-state index in [1.165, 1.54) is 0 Å². The summed E-state index contributed by atoms with van der Waals surface area (Å²) in [5, 5.41) is 2.19. The van der Waals surface area contributed by atoms with Crippen molar-refractivity contribution in [3.8, 4) is 0 Å². The fraction of sp³-hybridized carbons (Fsp3) is 0.500. The molecule has 0 bridgehead atoms. The molecule has 120 valence electrons. The molecule has 1 amide bonds. The maximum atomic E-state index is 12.3. The number of amidine groups is 1. The van der Waals surface area contributed by atoms with Gasteiger partial charge in [-0.2, -0.15) is 0 Å². The fourth-order valence-corrected chi connectivity index (χ4v) is 2.79. The van der Waals surface area contributed by atoms with Gasteiger partial charge in [0, 0.05) is 25.7 Å². The Morgan fingerprint density at radius 3 is 2.59 bits per heavy atom. The average molecular weight is 324 g/mol. The molecule has 22 heavy (non-hydrogen) atoms. The zero-order valence-electron chi connectivity index (χ0n) is 13.5. The van der Waals surface area contributed by atoms with E-state index in [1.54, 1.807) is 17.0 Å². The summed E-state index contributed by atoms with van der Waals surface area (Å²) in [6.07, 6.45) is 0.201. The van der Waals surface area contributed by atoms with Crippen LogP contribution in [0.4, 0.5) is 0 Å². The van der Waals surface area contributed by atoms with Crippen molar-refractivity contribution in [2.75, 3.05) is 20.1 Å². The fourth-order valence-electron chi connectivity index (χ4n) is 2.57. The van der Waals surface area contributed by atoms with Gasteiger partial charge in [0.05, 0.1) is 11.4 Å². The second-order valence-corrected chi connectivity index (χ2v) is 5.83. The summed E-state index contributed by atoms with van der Waals surface area (Å²) in [6, 6.07) is 7.46. The third-order valence-electron chi connectivity index (χ3n) is 3.68. The molecule has 1 aliphatic heterocycles. The minimum Gasteiger partial charge on any atom is -0.343 e. The highest BCUT2D eigenvalue weighted by atomic mass is 35.5. The summed E-state index contributed by atoms with van der Waals surface area (Å²) in [6.45, 7) is 7.10. The van der Waals surface area contributed by atoms with Crippen LogP contribution in [0.15, 0.2) is 29.3 Å². The van der Waals surface area contributed by atoms with Crippen molar-refractivity contribution in [1.29, 1.82) is 0 Å². The van der Waals surface area contributed by atoms with Crippen LogP contribution in [-0.2, 0) is 9.63 Å². The number of benzene rings is 1. The van der Waals surface area contributed by atoms with Crippen LogP contribution in [0.2, 0.25) is 5.02 Å². The summed E-state index contributed by atoms with van der Waals surface area (Å²) in [7, 11) is 1.77. The van der Waals surface area contributed by atoms with Gasteiger partial charge in [0.1, 0.15) is 0 Å². The van der Waals surface area contributed by atoms with Gasteiger partial charge in [0.2, 0.25) is 5.91 Å². The molecule has 0 saturated carbocycles. The zero-order chi connectivity index (χ0) is 16.3. The first kappa shape index (κ1) is 16.8. The Bertz CT molecular complexity index is 587. The van der Waals surface area contributed by atoms with Gasteiger partial charge in [-0.05, 0) is 32.9 Å². The van der Waals surface area contributed by atoms with Crippen LogP contribution < -0.4 is 0 Å². The Kier molecular flexibility index (Phi) is 5.08. The Labute approximate surface area is 136 Å². The maximum absolute atomic E-state index is 12.3. The standard InChI is InChI=1S/C16H22ClN3O2/c1-5-20(6-2)14(21)11-16(3)18-15(19(4)22-16)12-9-7-8-10-13(12)17/h7-10H,5-6,11H2,1-4H3. The molecule has 0 radical (unpaired) electrons. The van der Waals surface area contributed by atoms with Crippen molar-refractivity contribution in [1.82, 2.24) is 9.96 Å². The highest BCUT2D eigenvalue weighted by Crippen LogP contribution is 2.30. The number of aliphatic imine (C=N–C) groups is 1. The summed E-state index contributed by atoms with van der Waals surface area (Å²) in [4.78, 5) is 24.5. The largest absolute Gasteiger partial charge is 0.343 e. The number of carbonyl (C=O) groups excluding carboxylic acids is 1. The molecule has 1 unspecified atom stereocenters. The lowest BCUT2D eigenvalue weighted by Gasteiger charge is -2.25. The lowest BCUT2D eigenvalue weighted by molar-refractivity contribution is -0.170. The van der Waals surface area contributed by atoms with Crippen LogP contribution in [0.25, 0.3) is 0 Å². The predicted molar refractivity (Wildman–Crippen MR) is 87.8 cm³/mol. The zero-order valence-corrected chi connectivity index (χ0v) is 14.2. The Morgan fingerprint density at radius 2 is 2.00 bits per heavy atom. The van der Waals surface area contributed by atoms with Crippen LogP contribution in [0, 0.1) is 0 Å². The van der Waals surface area contributed by atoms with Crippen molar-refractivity contribution in [2.24, 2.45) is 4.99 Å². The topological polar surface area (TPSA) is 45.1 Å². The Balaban J connectivity index is 2.23. The second kappa shape index (κ2) is 6.67. The third kappa shape index (κ3) is 3.42. The van der Waals surface area contributed by atoms with Crippen molar-refractivity contribution in [2.45, 2.75) is 32.9 Å². The molecular formula is C16H22ClN3O2. The number of nitrogens with zero attached hydrogens (tertiary/aromatic N) is 3. The van der Waals surface area contributed by atoms with Crippen molar-refractivity contribution < 1.29 is 9.63 Å². The number of amides is 1. The highest BCUT2D eigenvalue weighted by molar-refractivity contribution is 6.34. The van der Waals surface area contributed by atoms with Gasteiger partial charge in [-0.3, -0.25) is 4.79 Å². The molecule has 1 heterocycles. The van der Waals surface area contributed by atoms with Gasteiger partial charge >= 0.3 is 0 Å². The molecule has 1 aromatic carbocycles. The monoisotopic (exact) mass is 323 g/mol. The normalized spacial score (nSPS) is 21.0. The van der Waals surface area contributed by atoms with E-state index in [1.807, 2.05) is 45.0 Å². The molecule has 0 fully saturated rings. The van der Waals surface area contributed by atoms with E-state index in [0.29, 0.717) is 23.9 Å². The smallest absolute Gasteiger partial charge is 0.227 e. The summed E-state index contributed by atoms with van der Waals surface area (Å²) >= 11 is 6.23. The molecule has 1 aliphatic rings. The van der Waals surface area contributed by atoms with Gasteiger partial charge < -0.3 is 4.90 Å². The number of hydroxylamine groups is 2. The molecule has 1 atom stereocenters. The molecule has 0 saturated heterocycles. The van der Waals surface area contributed by atoms with Crippen LogP contribution in [-0.4, -0.2) is 47.6 Å². The van der Waals surface area contributed by atoms with Gasteiger partial charge in [-0.1, -0.05) is 23.7 Å². The van der Waals surface area contributed by atoms with E-state index >= 15 is 0 Å². The van der Waals surface area contributed by atoms with E-state index in [4.69, 9.17) is 16.4 Å². The average Bonchev–Trinajstić information content (AvgIpc) is 2.75. The molecule has 6 heteroatoms. The molecule has 5 nitrogen and oxygen atoms in total. The van der Waals surface area contributed by atoms with E-state index < -0.39 is 5.72 Å². The van der Waals surface area contributed by atoms with Crippen LogP contribution in [0.1, 0.15) is 32.8 Å². The van der Waals surface area contributed by atoms with E-state index in [2.05, 4.69) is 4.99 Å². The number of rotatable bonds is 5. The number of hydrogen-bond donors (Lipinski definition) is 0. The molecule has 1 aromatic rings. The van der Waals surface area contributed by atoms with Crippen LogP contribution in [0.3, 0.4) is 0 Å². The number of carbonyl (C=O) groups is 1. The van der Waals surface area contributed by atoms with Crippen molar-refractivity contribution in [3.63, 3.8) is 0 Å². The molecule has 0 aliphatic carbocycles. The number of hydrogen-bond acceptors (Lipinski definition) is 4. The molecule has 0 spiro atoms. The maximum Gasteiger partial charge on any atom is 0.227 e. The van der Waals surface area contributed by atoms with Crippen molar-refractivity contribution in [3.05, 3.63) is 34.9 Å². The van der Waals surface area contributed by atoms with E-state index in [0.717, 1.165) is 5.56 Å². The first-order valence-corrected chi connectivity index (χ1v) is 7.83. The van der Waals surface area contributed by atoms with Crippen LogP contribution in [0.5, 0.6) is 0 Å². The SMILES string of the molecule is CCN(CC)C(=O)CC1(C)N=C(c2ccccc2Cl)N(C)O1. The second-order valence-electron chi connectivity index (χ2n) is 5.42. The number of halogens is 1. The van der Waals surface area contributed by atoms with Crippen LogP contribution >= 0.6 is 11.6 Å². The summed E-state index contributed by atoms with van der Waals surface area (Å²) in [5.74, 6) is 0.672. The van der Waals surface area contributed by atoms with E-state index in [-0.39, 0.29) is 12.3 Å². The lowest BCUT2D eigenvalue weighted by Crippen LogP contribution is -2.38. The Morgan fingerprint density at radius 1 is 1.36 bits per heavy atom. The van der Waals surface area contributed by atoms with Gasteiger partial charge in [-0.15, -0.1) is 0 Å². The van der Waals surface area contributed by atoms with E-state index in [9.17, 15) is 4.79 Å². The minimum atomic E-state index is -0.900. The van der Waals surface area contributed by atoms with Crippen molar-refractivity contribution >= 4 is 23.3 Å². The molecule has 0 N–H and O–H groups in total.